The summed E-state index contributed by atoms with van der Waals surface area (Å²) in [5.74, 6) is 0.920. The molecular weight excluding hydrogens is 757 g/mol. The second-order valence-electron chi connectivity index (χ2n) is 14.8. The Morgan fingerprint density at radius 3 is 1.69 bits per heavy atom. The highest BCUT2D eigenvalue weighted by Crippen LogP contribution is 2.35. The van der Waals surface area contributed by atoms with Gasteiger partial charge in [0, 0.05) is 45.6 Å². The molecule has 0 unspecified atom stereocenters. The first kappa shape index (κ1) is 40.7. The SMILES string of the molecule is COC(=O)N[C@@H](Cc1cncn1C)C(=O)N1CCC[C@H]1c1ncc(-c2ccc(-c3ccc(-c4cnc([C@@H]5CCCN5C(=O)[C@@H](NC(=O)OC)[C@@H](C)OC)[nH]4)cc3)cc2)[nH]1. The fourth-order valence-corrected chi connectivity index (χ4v) is 7.89. The summed E-state index contributed by atoms with van der Waals surface area (Å²) >= 11 is 0. The maximum absolute atomic E-state index is 13.9. The molecule has 4 N–H and O–H groups in total. The van der Waals surface area contributed by atoms with Crippen LogP contribution in [0.1, 0.15) is 62.0 Å². The number of hydrogen-bond acceptors (Lipinski definition) is 10. The maximum Gasteiger partial charge on any atom is 0.407 e. The first-order valence-corrected chi connectivity index (χ1v) is 19.7. The molecule has 17 heteroatoms. The van der Waals surface area contributed by atoms with Crippen molar-refractivity contribution in [3.05, 3.63) is 90.8 Å². The Balaban J connectivity index is 1.00. The summed E-state index contributed by atoms with van der Waals surface area (Å²) in [6.45, 7) is 2.82. The number of imidazole rings is 3. The van der Waals surface area contributed by atoms with Gasteiger partial charge in [-0.05, 0) is 54.9 Å². The first-order chi connectivity index (χ1) is 28.6. The van der Waals surface area contributed by atoms with Gasteiger partial charge in [-0.25, -0.2) is 24.5 Å². The van der Waals surface area contributed by atoms with Crippen molar-refractivity contribution in [2.75, 3.05) is 34.4 Å². The first-order valence-electron chi connectivity index (χ1n) is 19.7. The van der Waals surface area contributed by atoms with Crippen LogP contribution in [0.2, 0.25) is 0 Å². The van der Waals surface area contributed by atoms with Crippen LogP contribution in [-0.2, 0) is 37.3 Å². The van der Waals surface area contributed by atoms with Crippen molar-refractivity contribution < 1.29 is 33.4 Å². The van der Waals surface area contributed by atoms with Gasteiger partial charge in [-0.15, -0.1) is 0 Å². The molecule has 2 fully saturated rings. The highest BCUT2D eigenvalue weighted by Gasteiger charge is 2.39. The molecule has 17 nitrogen and oxygen atoms in total. The molecule has 310 valence electrons. The smallest absolute Gasteiger partial charge is 0.407 e. The second-order valence-corrected chi connectivity index (χ2v) is 14.8. The van der Waals surface area contributed by atoms with Crippen LogP contribution in [0.4, 0.5) is 9.59 Å². The fourth-order valence-electron chi connectivity index (χ4n) is 7.89. The topological polar surface area (TPSA) is 202 Å². The van der Waals surface area contributed by atoms with Crippen molar-refractivity contribution in [2.45, 2.75) is 69.3 Å². The fraction of sp³-hybridized carbons (Fsp3) is 0.405. The summed E-state index contributed by atoms with van der Waals surface area (Å²) in [6, 6.07) is 14.1. The van der Waals surface area contributed by atoms with E-state index >= 15 is 0 Å². The Labute approximate surface area is 341 Å². The third kappa shape index (κ3) is 8.84. The number of ether oxygens (including phenoxy) is 3. The maximum atomic E-state index is 13.9. The number of nitrogens with zero attached hydrogens (tertiary/aromatic N) is 6. The number of aromatic amines is 2. The number of aromatic nitrogens is 6. The average molecular weight is 807 g/mol. The number of methoxy groups -OCH3 is 3. The standard InChI is InChI=1S/C42H50N10O7/c1-25(57-3)36(49-42(56)59-5)40(54)52-19-7-9-35(52)38-45-23-33(47-38)29-16-12-27(13-17-29)26-10-14-28(15-11-26)32-22-44-37(46-32)34-8-6-18-51(34)39(53)31(48-41(55)58-4)20-30-21-43-24-50(30)2/h10-17,21-25,31,34-36H,6-9,18-20H2,1-5H3,(H,44,46)(H,45,47)(H,48,55)(H,49,56)/t25-,31+,34+,35+,36+/m1/s1. The van der Waals surface area contributed by atoms with Gasteiger partial charge in [-0.1, -0.05) is 48.5 Å². The third-order valence-corrected chi connectivity index (χ3v) is 11.3. The van der Waals surface area contributed by atoms with E-state index in [1.54, 1.807) is 41.6 Å². The van der Waals surface area contributed by atoms with E-state index in [0.717, 1.165) is 65.0 Å². The molecule has 5 atom stereocenters. The van der Waals surface area contributed by atoms with Gasteiger partial charge >= 0.3 is 12.2 Å². The molecule has 3 aromatic heterocycles. The molecule has 0 saturated carbocycles. The molecule has 4 amide bonds. The molecule has 5 heterocycles. The van der Waals surface area contributed by atoms with E-state index in [9.17, 15) is 19.2 Å². The molecular formula is C42H50N10O7. The normalized spacial score (nSPS) is 18.0. The van der Waals surface area contributed by atoms with Gasteiger partial charge in [0.05, 0.1) is 62.5 Å². The zero-order valence-electron chi connectivity index (χ0n) is 33.8. The molecule has 2 aliphatic rings. The quantitative estimate of drug-likeness (QED) is 0.127. The summed E-state index contributed by atoms with van der Waals surface area (Å²) in [4.78, 5) is 75.7. The third-order valence-electron chi connectivity index (χ3n) is 11.3. The number of alkyl carbamates (subject to hydrolysis) is 2. The summed E-state index contributed by atoms with van der Waals surface area (Å²) in [5.41, 5.74) is 6.46. The van der Waals surface area contributed by atoms with Crippen LogP contribution in [0.25, 0.3) is 33.6 Å². The van der Waals surface area contributed by atoms with Crippen LogP contribution in [0.3, 0.4) is 0 Å². The van der Waals surface area contributed by atoms with Gasteiger partial charge < -0.3 is 49.2 Å². The zero-order valence-corrected chi connectivity index (χ0v) is 33.8. The minimum atomic E-state index is -0.900. The molecule has 5 aromatic rings. The van der Waals surface area contributed by atoms with Crippen LogP contribution >= 0.6 is 0 Å². The largest absolute Gasteiger partial charge is 0.453 e. The monoisotopic (exact) mass is 806 g/mol. The number of carbonyl (C=O) groups is 4. The summed E-state index contributed by atoms with van der Waals surface area (Å²) in [5, 5.41) is 5.33. The number of H-pyrrole nitrogens is 2. The number of aryl methyl sites for hydroxylation is 1. The Kier molecular flexibility index (Phi) is 12.4. The lowest BCUT2D eigenvalue weighted by Gasteiger charge is -2.30. The van der Waals surface area contributed by atoms with Crippen molar-refractivity contribution in [3.63, 3.8) is 0 Å². The minimum absolute atomic E-state index is 0.203. The molecule has 2 saturated heterocycles. The Hall–Kier alpha value is -6.49. The van der Waals surface area contributed by atoms with E-state index in [1.165, 1.54) is 21.3 Å². The molecule has 0 spiro atoms. The number of rotatable bonds is 13. The van der Waals surface area contributed by atoms with Gasteiger partial charge in [0.25, 0.3) is 0 Å². The number of likely N-dealkylation sites (tertiary alicyclic amines) is 2. The Bertz CT molecular complexity index is 2250. The van der Waals surface area contributed by atoms with Crippen LogP contribution in [0.5, 0.6) is 0 Å². The molecule has 0 aliphatic carbocycles. The Morgan fingerprint density at radius 1 is 0.729 bits per heavy atom. The van der Waals surface area contributed by atoms with Crippen LogP contribution in [0.15, 0.2) is 73.4 Å². The lowest BCUT2D eigenvalue weighted by Crippen LogP contribution is -2.54. The number of hydrogen-bond donors (Lipinski definition) is 4. The lowest BCUT2D eigenvalue weighted by molar-refractivity contribution is -0.137. The van der Waals surface area contributed by atoms with Gasteiger partial charge in [0.1, 0.15) is 23.7 Å². The van der Waals surface area contributed by atoms with Crippen LogP contribution in [0, 0.1) is 0 Å². The van der Waals surface area contributed by atoms with E-state index in [-0.39, 0.29) is 30.3 Å². The lowest BCUT2D eigenvalue weighted by atomic mass is 10.0. The Morgan fingerprint density at radius 2 is 1.22 bits per heavy atom. The van der Waals surface area contributed by atoms with Crippen molar-refractivity contribution in [2.24, 2.45) is 7.05 Å². The van der Waals surface area contributed by atoms with Crippen LogP contribution in [-0.4, -0.2) is 116 Å². The minimum Gasteiger partial charge on any atom is -0.453 e. The predicted octanol–water partition coefficient (Wildman–Crippen LogP) is 4.92. The van der Waals surface area contributed by atoms with E-state index < -0.39 is 30.4 Å². The van der Waals surface area contributed by atoms with Crippen molar-refractivity contribution in [1.29, 1.82) is 0 Å². The second kappa shape index (κ2) is 18.0. The van der Waals surface area contributed by atoms with E-state index in [2.05, 4.69) is 54.8 Å². The summed E-state index contributed by atoms with van der Waals surface area (Å²) < 4.78 is 16.8. The van der Waals surface area contributed by atoms with Gasteiger partial charge in [-0.2, -0.15) is 0 Å². The van der Waals surface area contributed by atoms with Crippen molar-refractivity contribution in [3.8, 4) is 33.6 Å². The number of benzene rings is 2. The molecule has 0 bridgehead atoms. The average Bonchev–Trinajstić information content (AvgIpc) is 4.12. The van der Waals surface area contributed by atoms with Crippen LogP contribution < -0.4 is 10.6 Å². The van der Waals surface area contributed by atoms with Gasteiger partial charge in [0.15, 0.2) is 0 Å². The summed E-state index contributed by atoms with van der Waals surface area (Å²) in [7, 11) is 5.88. The highest BCUT2D eigenvalue weighted by molar-refractivity contribution is 5.87. The van der Waals surface area contributed by atoms with Gasteiger partial charge in [0.2, 0.25) is 11.8 Å². The van der Waals surface area contributed by atoms with Crippen molar-refractivity contribution >= 4 is 24.0 Å². The zero-order chi connectivity index (χ0) is 41.6. The molecule has 7 rings (SSSR count). The number of amides is 4. The van der Waals surface area contributed by atoms with E-state index in [1.807, 2.05) is 35.9 Å². The number of nitrogens with one attached hydrogen (secondary N) is 4. The predicted molar refractivity (Wildman–Crippen MR) is 216 cm³/mol. The van der Waals surface area contributed by atoms with Gasteiger partial charge in [-0.3, -0.25) is 9.59 Å². The molecule has 59 heavy (non-hydrogen) atoms. The number of carbonyl (C=O) groups excluding carboxylic acids is 4. The van der Waals surface area contributed by atoms with E-state index in [0.29, 0.717) is 24.7 Å². The van der Waals surface area contributed by atoms with Crippen molar-refractivity contribution in [1.82, 2.24) is 49.9 Å². The molecule has 2 aliphatic heterocycles. The summed E-state index contributed by atoms with van der Waals surface area (Å²) in [6.07, 6.45) is 8.36. The molecule has 2 aromatic carbocycles. The van der Waals surface area contributed by atoms with E-state index in [4.69, 9.17) is 19.2 Å². The highest BCUT2D eigenvalue weighted by atomic mass is 16.5. The molecule has 0 radical (unpaired) electrons.